The second-order valence-electron chi connectivity index (χ2n) is 7.81. The van der Waals surface area contributed by atoms with Crippen LogP contribution < -0.4 is 10.6 Å². The van der Waals surface area contributed by atoms with E-state index in [1.165, 1.54) is 27.8 Å². The molecule has 0 saturated carbocycles. The van der Waals surface area contributed by atoms with E-state index in [9.17, 15) is 18.0 Å². The first-order chi connectivity index (χ1) is 15.9. The van der Waals surface area contributed by atoms with Gasteiger partial charge in [-0.05, 0) is 66.8 Å². The first-order valence-corrected chi connectivity index (χ1v) is 13.1. The molecule has 0 aliphatic carbocycles. The van der Waals surface area contributed by atoms with E-state index in [0.717, 1.165) is 25.7 Å². The van der Waals surface area contributed by atoms with E-state index in [4.69, 9.17) is 0 Å². The predicted molar refractivity (Wildman–Crippen MR) is 130 cm³/mol. The SMILES string of the molecule is O=C(Nc1ccc(NC(=O)c2cccs2)cc1)c1cccc(S(=O)(=O)N2CCCCCC2)c1. The van der Waals surface area contributed by atoms with Crippen LogP contribution in [0, 0.1) is 0 Å². The maximum atomic E-state index is 13.0. The fourth-order valence-electron chi connectivity index (χ4n) is 3.67. The van der Waals surface area contributed by atoms with Gasteiger partial charge in [0.15, 0.2) is 0 Å². The number of thiophene rings is 1. The molecule has 7 nitrogen and oxygen atoms in total. The zero-order valence-corrected chi connectivity index (χ0v) is 19.6. The van der Waals surface area contributed by atoms with Crippen molar-refractivity contribution >= 4 is 44.5 Å². The molecule has 9 heteroatoms. The average molecular weight is 484 g/mol. The Morgan fingerprint density at radius 2 is 1.42 bits per heavy atom. The van der Waals surface area contributed by atoms with E-state index in [2.05, 4.69) is 10.6 Å². The Labute approximate surface area is 197 Å². The third-order valence-corrected chi connectivity index (χ3v) is 8.21. The van der Waals surface area contributed by atoms with Crippen LogP contribution in [-0.4, -0.2) is 37.6 Å². The molecule has 1 aromatic heterocycles. The molecule has 1 aliphatic rings. The Balaban J connectivity index is 1.43. The molecule has 0 atom stereocenters. The lowest BCUT2D eigenvalue weighted by Crippen LogP contribution is -2.32. The number of nitrogens with zero attached hydrogens (tertiary/aromatic N) is 1. The first-order valence-electron chi connectivity index (χ1n) is 10.8. The van der Waals surface area contributed by atoms with Gasteiger partial charge in [0.2, 0.25) is 10.0 Å². The standard InChI is InChI=1S/C24H25N3O4S2/c28-23(25-19-10-12-20(13-11-19)26-24(29)22-9-6-16-32-22)18-7-5-8-21(17-18)33(30,31)27-14-3-1-2-4-15-27/h5-13,16-17H,1-4,14-15H2,(H,25,28)(H,26,29). The zero-order valence-electron chi connectivity index (χ0n) is 18.0. The minimum Gasteiger partial charge on any atom is -0.322 e. The van der Waals surface area contributed by atoms with E-state index in [-0.39, 0.29) is 16.4 Å². The Bertz CT molecular complexity index is 1210. The third-order valence-electron chi connectivity index (χ3n) is 5.44. The van der Waals surface area contributed by atoms with E-state index >= 15 is 0 Å². The highest BCUT2D eigenvalue weighted by atomic mass is 32.2. The molecule has 0 radical (unpaired) electrons. The fourth-order valence-corrected chi connectivity index (χ4v) is 5.85. The highest BCUT2D eigenvalue weighted by Gasteiger charge is 2.25. The van der Waals surface area contributed by atoms with E-state index in [0.29, 0.717) is 29.3 Å². The van der Waals surface area contributed by atoms with Crippen molar-refractivity contribution in [3.8, 4) is 0 Å². The summed E-state index contributed by atoms with van der Waals surface area (Å²) in [6, 6.07) is 16.4. The molecule has 1 aliphatic heterocycles. The fraction of sp³-hybridized carbons (Fsp3) is 0.250. The van der Waals surface area contributed by atoms with Crippen LogP contribution >= 0.6 is 11.3 Å². The number of nitrogens with one attached hydrogen (secondary N) is 2. The van der Waals surface area contributed by atoms with Crippen LogP contribution in [0.2, 0.25) is 0 Å². The molecule has 0 bridgehead atoms. The molecule has 2 heterocycles. The molecule has 2 amide bonds. The molecule has 1 fully saturated rings. The molecule has 0 unspecified atom stereocenters. The van der Waals surface area contributed by atoms with Gasteiger partial charge in [-0.2, -0.15) is 4.31 Å². The zero-order chi connectivity index (χ0) is 23.3. The van der Waals surface area contributed by atoms with Crippen LogP contribution in [-0.2, 0) is 10.0 Å². The molecule has 2 N–H and O–H groups in total. The molecule has 2 aromatic carbocycles. The second-order valence-corrected chi connectivity index (χ2v) is 10.7. The van der Waals surface area contributed by atoms with Gasteiger partial charge in [0.05, 0.1) is 9.77 Å². The largest absolute Gasteiger partial charge is 0.322 e. The number of carbonyl (C=O) groups is 2. The van der Waals surface area contributed by atoms with Crippen LogP contribution in [0.3, 0.4) is 0 Å². The van der Waals surface area contributed by atoms with Gasteiger partial charge >= 0.3 is 0 Å². The van der Waals surface area contributed by atoms with Gasteiger partial charge in [-0.15, -0.1) is 11.3 Å². The lowest BCUT2D eigenvalue weighted by molar-refractivity contribution is 0.102. The smallest absolute Gasteiger partial charge is 0.265 e. The van der Waals surface area contributed by atoms with Crippen LogP contribution in [0.5, 0.6) is 0 Å². The summed E-state index contributed by atoms with van der Waals surface area (Å²) >= 11 is 1.36. The quantitative estimate of drug-likeness (QED) is 0.526. The molecule has 0 spiro atoms. The summed E-state index contributed by atoms with van der Waals surface area (Å²) < 4.78 is 27.6. The molecule has 4 rings (SSSR count). The molecule has 1 saturated heterocycles. The Morgan fingerprint density at radius 1 is 0.788 bits per heavy atom. The molecular weight excluding hydrogens is 458 g/mol. The number of rotatable bonds is 6. The van der Waals surface area contributed by atoms with Crippen molar-refractivity contribution in [2.24, 2.45) is 0 Å². The highest BCUT2D eigenvalue weighted by Crippen LogP contribution is 2.22. The summed E-state index contributed by atoms with van der Waals surface area (Å²) in [6.45, 7) is 1.02. The minimum atomic E-state index is -3.64. The van der Waals surface area contributed by atoms with Gasteiger partial charge in [-0.3, -0.25) is 9.59 Å². The number of benzene rings is 2. The number of carbonyl (C=O) groups excluding carboxylic acids is 2. The maximum Gasteiger partial charge on any atom is 0.265 e. The third kappa shape index (κ3) is 5.68. The normalized spacial score (nSPS) is 14.9. The van der Waals surface area contributed by atoms with Crippen LogP contribution in [0.25, 0.3) is 0 Å². The van der Waals surface area contributed by atoms with E-state index in [1.54, 1.807) is 42.5 Å². The second kappa shape index (κ2) is 10.3. The van der Waals surface area contributed by atoms with Gasteiger partial charge in [-0.1, -0.05) is 25.0 Å². The highest BCUT2D eigenvalue weighted by molar-refractivity contribution is 7.89. The summed E-state index contributed by atoms with van der Waals surface area (Å²) in [5.41, 5.74) is 1.41. The lowest BCUT2D eigenvalue weighted by Gasteiger charge is -2.20. The molecular formula is C24H25N3O4S2. The number of amides is 2. The Kier molecular flexibility index (Phi) is 7.22. The monoisotopic (exact) mass is 483 g/mol. The van der Waals surface area contributed by atoms with Gasteiger partial charge in [-0.25, -0.2) is 8.42 Å². The van der Waals surface area contributed by atoms with Crippen LogP contribution in [0.1, 0.15) is 45.7 Å². The van der Waals surface area contributed by atoms with Crippen molar-refractivity contribution in [1.82, 2.24) is 4.31 Å². The molecule has 172 valence electrons. The van der Waals surface area contributed by atoms with Gasteiger partial charge in [0.25, 0.3) is 11.8 Å². The summed E-state index contributed by atoms with van der Waals surface area (Å²) in [7, 11) is -3.64. The van der Waals surface area contributed by atoms with Crippen LogP contribution in [0.15, 0.2) is 70.9 Å². The van der Waals surface area contributed by atoms with E-state index in [1.807, 2.05) is 11.4 Å². The number of sulfonamides is 1. The van der Waals surface area contributed by atoms with Crippen molar-refractivity contribution in [3.05, 3.63) is 76.5 Å². The maximum absolute atomic E-state index is 13.0. The van der Waals surface area contributed by atoms with Crippen molar-refractivity contribution in [1.29, 1.82) is 0 Å². The van der Waals surface area contributed by atoms with Crippen molar-refractivity contribution in [2.75, 3.05) is 23.7 Å². The first kappa shape index (κ1) is 23.2. The van der Waals surface area contributed by atoms with Gasteiger partial charge in [0.1, 0.15) is 0 Å². The Hall–Kier alpha value is -3.01. The number of hydrogen-bond donors (Lipinski definition) is 2. The topological polar surface area (TPSA) is 95.6 Å². The number of hydrogen-bond acceptors (Lipinski definition) is 5. The van der Waals surface area contributed by atoms with Crippen LogP contribution in [0.4, 0.5) is 11.4 Å². The predicted octanol–water partition coefficient (Wildman–Crippen LogP) is 4.82. The van der Waals surface area contributed by atoms with Crippen molar-refractivity contribution in [3.63, 3.8) is 0 Å². The molecule has 33 heavy (non-hydrogen) atoms. The van der Waals surface area contributed by atoms with Gasteiger partial charge in [0, 0.05) is 30.0 Å². The summed E-state index contributed by atoms with van der Waals surface area (Å²) in [5, 5.41) is 7.42. The average Bonchev–Trinajstić information content (AvgIpc) is 3.22. The summed E-state index contributed by atoms with van der Waals surface area (Å²) in [6.07, 6.45) is 3.77. The minimum absolute atomic E-state index is 0.128. The van der Waals surface area contributed by atoms with Gasteiger partial charge < -0.3 is 10.6 Å². The summed E-state index contributed by atoms with van der Waals surface area (Å²) in [5.74, 6) is -0.595. The Morgan fingerprint density at radius 3 is 2.03 bits per heavy atom. The van der Waals surface area contributed by atoms with E-state index < -0.39 is 15.9 Å². The summed E-state index contributed by atoms with van der Waals surface area (Å²) in [4.78, 5) is 25.6. The lowest BCUT2D eigenvalue weighted by atomic mass is 10.2. The van der Waals surface area contributed by atoms with Crippen molar-refractivity contribution < 1.29 is 18.0 Å². The molecule has 3 aromatic rings. The van der Waals surface area contributed by atoms with Crippen molar-refractivity contribution in [2.45, 2.75) is 30.6 Å². The number of anilines is 2.